The van der Waals surface area contributed by atoms with E-state index in [0.29, 0.717) is 29.1 Å². The first-order chi connectivity index (χ1) is 14.6. The van der Waals surface area contributed by atoms with Gasteiger partial charge in [0.15, 0.2) is 0 Å². The standard InChI is InChI=1S/C20H14F3N5O2S/c1-12(20(21,22)23)27-31(29,30)14-5-6-17(26-10-14)19-16(9-24)15-7-8-25-11-18(15)28(19)13-3-2-4-13/h2-8,10-12,27H,1H3/t12-/m0/s1. The van der Waals surface area contributed by atoms with Crippen LogP contribution in [0.2, 0.25) is 0 Å². The predicted molar refractivity (Wildman–Crippen MR) is 107 cm³/mol. The van der Waals surface area contributed by atoms with Crippen molar-refractivity contribution in [1.29, 1.82) is 5.26 Å². The van der Waals surface area contributed by atoms with Crippen molar-refractivity contribution in [3.05, 3.63) is 60.6 Å². The fourth-order valence-corrected chi connectivity index (χ4v) is 4.31. The van der Waals surface area contributed by atoms with Crippen LogP contribution in [-0.4, -0.2) is 35.2 Å². The SMILES string of the molecule is C[C@H](NS(=O)(=O)c1ccc(-c2c(C#N)c3ccncc3n2C2=CC=C2)nc1)C(F)(F)F. The van der Waals surface area contributed by atoms with Crippen LogP contribution in [0.3, 0.4) is 0 Å². The largest absolute Gasteiger partial charge is 0.404 e. The Labute approximate surface area is 175 Å². The summed E-state index contributed by atoms with van der Waals surface area (Å²) in [4.78, 5) is 7.84. The zero-order chi connectivity index (χ0) is 22.4. The molecule has 1 N–H and O–H groups in total. The molecule has 7 nitrogen and oxygen atoms in total. The molecule has 0 spiro atoms. The lowest BCUT2D eigenvalue weighted by Gasteiger charge is -2.17. The molecule has 1 atom stereocenters. The highest BCUT2D eigenvalue weighted by Gasteiger charge is 2.39. The Balaban J connectivity index is 1.80. The zero-order valence-corrected chi connectivity index (χ0v) is 16.7. The molecule has 4 rings (SSSR count). The topological polar surface area (TPSA) is 101 Å². The maximum atomic E-state index is 12.7. The van der Waals surface area contributed by atoms with E-state index in [2.05, 4.69) is 16.0 Å². The Morgan fingerprint density at radius 1 is 1.23 bits per heavy atom. The average Bonchev–Trinajstić information content (AvgIpc) is 3.00. The van der Waals surface area contributed by atoms with Gasteiger partial charge in [-0.3, -0.25) is 9.97 Å². The van der Waals surface area contributed by atoms with Crippen LogP contribution < -0.4 is 4.72 Å². The Morgan fingerprint density at radius 3 is 2.52 bits per heavy atom. The van der Waals surface area contributed by atoms with Crippen molar-refractivity contribution in [2.45, 2.75) is 24.0 Å². The van der Waals surface area contributed by atoms with Gasteiger partial charge in [-0.05, 0) is 37.3 Å². The van der Waals surface area contributed by atoms with Gasteiger partial charge >= 0.3 is 6.18 Å². The van der Waals surface area contributed by atoms with Crippen LogP contribution in [-0.2, 0) is 10.0 Å². The summed E-state index contributed by atoms with van der Waals surface area (Å²) in [6.07, 6.45) is 4.89. The van der Waals surface area contributed by atoms with Gasteiger partial charge in [0.25, 0.3) is 0 Å². The maximum Gasteiger partial charge on any atom is 0.404 e. The van der Waals surface area contributed by atoms with Gasteiger partial charge in [0.1, 0.15) is 17.0 Å². The molecule has 31 heavy (non-hydrogen) atoms. The lowest BCUT2D eigenvalue weighted by molar-refractivity contribution is -0.147. The molecule has 0 saturated carbocycles. The maximum absolute atomic E-state index is 12.7. The molecule has 0 aliphatic heterocycles. The minimum absolute atomic E-state index is 0.289. The van der Waals surface area contributed by atoms with Crippen LogP contribution in [0.25, 0.3) is 28.0 Å². The van der Waals surface area contributed by atoms with Crippen molar-refractivity contribution in [1.82, 2.24) is 19.3 Å². The number of halogens is 3. The second kappa shape index (κ2) is 7.33. The van der Waals surface area contributed by atoms with Crippen molar-refractivity contribution >= 4 is 26.6 Å². The second-order valence-corrected chi connectivity index (χ2v) is 8.49. The number of nitriles is 1. The molecule has 0 radical (unpaired) electrons. The Morgan fingerprint density at radius 2 is 1.97 bits per heavy atom. The van der Waals surface area contributed by atoms with Crippen LogP contribution >= 0.6 is 0 Å². The van der Waals surface area contributed by atoms with Crippen LogP contribution in [0.15, 0.2) is 59.9 Å². The number of hydrogen-bond acceptors (Lipinski definition) is 5. The molecule has 1 aliphatic carbocycles. The molecule has 0 fully saturated rings. The van der Waals surface area contributed by atoms with Gasteiger partial charge in [-0.1, -0.05) is 6.08 Å². The van der Waals surface area contributed by atoms with Crippen molar-refractivity contribution in [3.8, 4) is 17.5 Å². The molecule has 3 aromatic heterocycles. The Kier molecular flexibility index (Phi) is 4.91. The molecular formula is C20H14F3N5O2S. The number of alkyl halides is 3. The summed E-state index contributed by atoms with van der Waals surface area (Å²) >= 11 is 0. The van der Waals surface area contributed by atoms with Crippen LogP contribution in [0.5, 0.6) is 0 Å². The molecule has 3 heterocycles. The number of fused-ring (bicyclic) bond motifs is 1. The van der Waals surface area contributed by atoms with E-state index in [1.807, 2.05) is 18.2 Å². The van der Waals surface area contributed by atoms with Gasteiger partial charge in [-0.25, -0.2) is 8.42 Å². The third-order valence-corrected chi connectivity index (χ3v) is 6.31. The van der Waals surface area contributed by atoms with Crippen LogP contribution in [0, 0.1) is 11.3 Å². The summed E-state index contributed by atoms with van der Waals surface area (Å²) < 4.78 is 66.2. The smallest absolute Gasteiger partial charge is 0.305 e. The van der Waals surface area contributed by atoms with Crippen molar-refractivity contribution in [3.63, 3.8) is 0 Å². The normalized spacial score (nSPS) is 14.7. The van der Waals surface area contributed by atoms with E-state index in [0.717, 1.165) is 18.0 Å². The Bertz CT molecular complexity index is 1380. The molecule has 0 amide bonds. The van der Waals surface area contributed by atoms with Gasteiger partial charge < -0.3 is 4.57 Å². The van der Waals surface area contributed by atoms with Crippen LogP contribution in [0.4, 0.5) is 13.2 Å². The third kappa shape index (κ3) is 3.60. The predicted octanol–water partition coefficient (Wildman–Crippen LogP) is 3.61. The number of aromatic nitrogens is 3. The lowest BCUT2D eigenvalue weighted by Crippen LogP contribution is -2.42. The van der Waals surface area contributed by atoms with E-state index in [9.17, 15) is 26.9 Å². The molecular weight excluding hydrogens is 431 g/mol. The fourth-order valence-electron chi connectivity index (χ4n) is 3.14. The number of nitrogens with zero attached hydrogens (tertiary/aromatic N) is 4. The first-order valence-electron chi connectivity index (χ1n) is 8.96. The summed E-state index contributed by atoms with van der Waals surface area (Å²) in [7, 11) is -4.44. The number of sulfonamides is 1. The van der Waals surface area contributed by atoms with Gasteiger partial charge in [-0.15, -0.1) is 0 Å². The second-order valence-electron chi connectivity index (χ2n) is 6.78. The summed E-state index contributed by atoms with van der Waals surface area (Å²) in [5, 5.41) is 10.4. The molecule has 0 aromatic carbocycles. The molecule has 11 heteroatoms. The highest BCUT2D eigenvalue weighted by Crippen LogP contribution is 2.36. The van der Waals surface area contributed by atoms with Gasteiger partial charge in [0.2, 0.25) is 10.0 Å². The quantitative estimate of drug-likeness (QED) is 0.647. The van der Waals surface area contributed by atoms with E-state index in [1.165, 1.54) is 6.07 Å². The lowest BCUT2D eigenvalue weighted by atomic mass is 10.1. The highest BCUT2D eigenvalue weighted by molar-refractivity contribution is 7.89. The monoisotopic (exact) mass is 445 g/mol. The van der Waals surface area contributed by atoms with E-state index < -0.39 is 27.1 Å². The number of allylic oxidation sites excluding steroid dienone is 4. The fraction of sp³-hybridized carbons (Fsp3) is 0.150. The number of pyridine rings is 2. The Hall–Kier alpha value is -3.49. The van der Waals surface area contributed by atoms with E-state index >= 15 is 0 Å². The van der Waals surface area contributed by atoms with Gasteiger partial charge in [0.05, 0.1) is 28.7 Å². The summed E-state index contributed by atoms with van der Waals surface area (Å²) in [6, 6.07) is 4.10. The third-order valence-electron chi connectivity index (χ3n) is 4.79. The van der Waals surface area contributed by atoms with Crippen molar-refractivity contribution < 1.29 is 21.6 Å². The van der Waals surface area contributed by atoms with Crippen LogP contribution in [0.1, 0.15) is 12.5 Å². The van der Waals surface area contributed by atoms with E-state index in [1.54, 1.807) is 27.7 Å². The molecule has 0 saturated heterocycles. The van der Waals surface area contributed by atoms with Gasteiger partial charge in [0, 0.05) is 23.5 Å². The molecule has 1 aliphatic rings. The average molecular weight is 445 g/mol. The highest BCUT2D eigenvalue weighted by atomic mass is 32.2. The number of nitrogens with one attached hydrogen (secondary N) is 1. The van der Waals surface area contributed by atoms with Crippen molar-refractivity contribution in [2.24, 2.45) is 0 Å². The zero-order valence-electron chi connectivity index (χ0n) is 15.9. The number of hydrogen-bond donors (Lipinski definition) is 1. The van der Waals surface area contributed by atoms with E-state index in [-0.39, 0.29) is 5.69 Å². The summed E-state index contributed by atoms with van der Waals surface area (Å²) in [5.74, 6) is 0. The first-order valence-corrected chi connectivity index (χ1v) is 10.4. The summed E-state index contributed by atoms with van der Waals surface area (Å²) in [5.41, 5.74) is 2.50. The first kappa shape index (κ1) is 20.8. The molecule has 0 unspecified atom stereocenters. The van der Waals surface area contributed by atoms with Crippen molar-refractivity contribution in [2.75, 3.05) is 0 Å². The minimum Gasteiger partial charge on any atom is -0.305 e. The van der Waals surface area contributed by atoms with Gasteiger partial charge in [-0.2, -0.15) is 23.2 Å². The molecule has 3 aromatic rings. The molecule has 158 valence electrons. The number of rotatable bonds is 5. The summed E-state index contributed by atoms with van der Waals surface area (Å²) in [6.45, 7) is 0.713. The van der Waals surface area contributed by atoms with E-state index in [4.69, 9.17) is 0 Å². The minimum atomic E-state index is -4.72. The molecule has 0 bridgehead atoms.